The number of rotatable bonds is 6. The molecule has 7 rings (SSSR count). The molecule has 2 aliphatic heterocycles. The van der Waals surface area contributed by atoms with Gasteiger partial charge in [-0.3, -0.25) is 14.3 Å². The Hall–Kier alpha value is -3.95. The van der Waals surface area contributed by atoms with Crippen LogP contribution in [0.2, 0.25) is 5.02 Å². The first-order chi connectivity index (χ1) is 21.1. The van der Waals surface area contributed by atoms with E-state index in [0.717, 1.165) is 25.0 Å². The molecule has 1 saturated carbocycles. The van der Waals surface area contributed by atoms with E-state index in [1.54, 1.807) is 21.7 Å². The summed E-state index contributed by atoms with van der Waals surface area (Å²) in [6, 6.07) is 19.8. The summed E-state index contributed by atoms with van der Waals surface area (Å²) in [6.07, 6.45) is 2.01. The van der Waals surface area contributed by atoms with Gasteiger partial charge in [-0.05, 0) is 56.7 Å². The maximum absolute atomic E-state index is 14.2. The van der Waals surface area contributed by atoms with Gasteiger partial charge in [0.2, 0.25) is 5.95 Å². The average molecular weight is 613 g/mol. The van der Waals surface area contributed by atoms with Crippen LogP contribution < -0.4 is 10.9 Å². The van der Waals surface area contributed by atoms with Gasteiger partial charge in [-0.1, -0.05) is 60.1 Å². The number of amides is 1. The predicted molar refractivity (Wildman–Crippen MR) is 172 cm³/mol. The van der Waals surface area contributed by atoms with Crippen LogP contribution in [-0.4, -0.2) is 68.3 Å². The third-order valence-corrected chi connectivity index (χ3v) is 9.26. The summed E-state index contributed by atoms with van der Waals surface area (Å²) in [4.78, 5) is 40.9. The molecule has 3 fully saturated rings. The molecule has 228 valence electrons. The average Bonchev–Trinajstić information content (AvgIpc) is 3.33. The Kier molecular flexibility index (Phi) is 7.33. The van der Waals surface area contributed by atoms with Gasteiger partial charge in [-0.25, -0.2) is 9.78 Å². The minimum absolute atomic E-state index is 0.189. The zero-order chi connectivity index (χ0) is 30.6. The molecule has 2 aromatic carbocycles. The molecular weight excluding hydrogens is 576 g/mol. The number of anilines is 1. The van der Waals surface area contributed by atoms with E-state index in [9.17, 15) is 9.59 Å². The highest BCUT2D eigenvalue weighted by Crippen LogP contribution is 2.47. The lowest BCUT2D eigenvalue weighted by Crippen LogP contribution is -2.36. The highest BCUT2D eigenvalue weighted by Gasteiger charge is 2.56. The Balaban J connectivity index is 1.16. The van der Waals surface area contributed by atoms with E-state index in [0.29, 0.717) is 65.1 Å². The van der Waals surface area contributed by atoms with Crippen molar-refractivity contribution < 1.29 is 9.53 Å². The molecule has 0 radical (unpaired) electrons. The van der Waals surface area contributed by atoms with Crippen molar-refractivity contribution in [3.8, 4) is 11.1 Å². The zero-order valence-electron chi connectivity index (χ0n) is 25.2. The first-order valence-corrected chi connectivity index (χ1v) is 15.7. The van der Waals surface area contributed by atoms with Crippen LogP contribution in [0.3, 0.4) is 0 Å². The standard InChI is InChI=1S/C34H37ClN6O3/c1-34(2,3)44-33(43)40-14-13-23(18-40)41-30-22(15-25(31(41)42)24-11-7-8-12-28(24)35)16-36-32(38-30)37-29-26-19-39(20-27(26)29)17-21-9-5-4-6-10-21/h4-12,15-16,23,26-27,29H,13-14,17-20H2,1-3H3,(H,36,37,38). The molecule has 4 heterocycles. The van der Waals surface area contributed by atoms with E-state index < -0.39 is 5.60 Å². The zero-order valence-corrected chi connectivity index (χ0v) is 26.0. The van der Waals surface area contributed by atoms with Gasteiger partial charge in [0, 0.05) is 66.5 Å². The van der Waals surface area contributed by atoms with E-state index >= 15 is 0 Å². The molecule has 0 bridgehead atoms. The Morgan fingerprint density at radius 2 is 1.75 bits per heavy atom. The monoisotopic (exact) mass is 612 g/mol. The van der Waals surface area contributed by atoms with Crippen molar-refractivity contribution in [2.24, 2.45) is 11.8 Å². The van der Waals surface area contributed by atoms with Crippen molar-refractivity contribution in [1.29, 1.82) is 0 Å². The number of nitrogens with one attached hydrogen (secondary N) is 1. The maximum Gasteiger partial charge on any atom is 0.410 e. The molecule has 1 N–H and O–H groups in total. The van der Waals surface area contributed by atoms with Crippen molar-refractivity contribution in [3.05, 3.63) is 87.8 Å². The summed E-state index contributed by atoms with van der Waals surface area (Å²) in [5.41, 5.74) is 2.24. The van der Waals surface area contributed by atoms with Gasteiger partial charge in [0.15, 0.2) is 0 Å². The molecule has 3 atom stereocenters. The number of aromatic nitrogens is 3. The van der Waals surface area contributed by atoms with E-state index in [2.05, 4.69) is 45.5 Å². The molecule has 1 aliphatic carbocycles. The number of hydrogen-bond donors (Lipinski definition) is 1. The lowest BCUT2D eigenvalue weighted by Gasteiger charge is -2.25. The number of nitrogens with zero attached hydrogens (tertiary/aromatic N) is 5. The van der Waals surface area contributed by atoms with Gasteiger partial charge in [0.05, 0.1) is 6.04 Å². The fourth-order valence-corrected chi connectivity index (χ4v) is 7.03. The number of pyridine rings is 1. The van der Waals surface area contributed by atoms with E-state index in [-0.39, 0.29) is 17.7 Å². The molecule has 9 nitrogen and oxygen atoms in total. The number of likely N-dealkylation sites (tertiary alicyclic amines) is 2. The molecular formula is C34H37ClN6O3. The smallest absolute Gasteiger partial charge is 0.410 e. The number of benzene rings is 2. The number of ether oxygens (including phenoxy) is 1. The summed E-state index contributed by atoms with van der Waals surface area (Å²) in [5, 5.41) is 4.81. The largest absolute Gasteiger partial charge is 0.444 e. The van der Waals surface area contributed by atoms with Gasteiger partial charge in [-0.2, -0.15) is 4.98 Å². The maximum atomic E-state index is 14.2. The van der Waals surface area contributed by atoms with Gasteiger partial charge >= 0.3 is 6.09 Å². The highest BCUT2D eigenvalue weighted by atomic mass is 35.5. The number of carbonyl (C=O) groups is 1. The van der Waals surface area contributed by atoms with Crippen LogP contribution in [0.1, 0.15) is 38.8 Å². The molecule has 3 unspecified atom stereocenters. The molecule has 2 aromatic heterocycles. The van der Waals surface area contributed by atoms with E-state index in [1.165, 1.54) is 5.56 Å². The van der Waals surface area contributed by atoms with Crippen LogP contribution in [-0.2, 0) is 11.3 Å². The van der Waals surface area contributed by atoms with Crippen molar-refractivity contribution in [2.75, 3.05) is 31.5 Å². The quantitative estimate of drug-likeness (QED) is 0.293. The third-order valence-electron chi connectivity index (χ3n) is 8.93. The number of carbonyl (C=O) groups excluding carboxylic acids is 1. The van der Waals surface area contributed by atoms with Gasteiger partial charge in [0.25, 0.3) is 5.56 Å². The van der Waals surface area contributed by atoms with Crippen LogP contribution in [0.5, 0.6) is 0 Å². The number of fused-ring (bicyclic) bond motifs is 2. The van der Waals surface area contributed by atoms with E-state index in [4.69, 9.17) is 21.3 Å². The SMILES string of the molecule is CC(C)(C)OC(=O)N1CCC(n2c(=O)c(-c3ccccc3Cl)cc3cnc(NC4C5CN(Cc6ccccc6)CC54)nc32)C1. The first kappa shape index (κ1) is 28.8. The second-order valence-corrected chi connectivity index (χ2v) is 13.6. The lowest BCUT2D eigenvalue weighted by molar-refractivity contribution is 0.0289. The van der Waals surface area contributed by atoms with E-state index in [1.807, 2.05) is 45.0 Å². The summed E-state index contributed by atoms with van der Waals surface area (Å²) >= 11 is 6.55. The minimum atomic E-state index is -0.601. The molecule has 44 heavy (non-hydrogen) atoms. The summed E-state index contributed by atoms with van der Waals surface area (Å²) in [7, 11) is 0. The van der Waals surface area contributed by atoms with Crippen molar-refractivity contribution in [2.45, 2.75) is 51.4 Å². The first-order valence-electron chi connectivity index (χ1n) is 15.3. The van der Waals surface area contributed by atoms with Crippen molar-refractivity contribution in [1.82, 2.24) is 24.3 Å². The van der Waals surface area contributed by atoms with Crippen molar-refractivity contribution >= 4 is 34.7 Å². The van der Waals surface area contributed by atoms with Crippen molar-refractivity contribution in [3.63, 3.8) is 0 Å². The molecule has 10 heteroatoms. The molecule has 0 spiro atoms. The topological polar surface area (TPSA) is 92.6 Å². The second-order valence-electron chi connectivity index (χ2n) is 13.2. The molecule has 4 aromatic rings. The number of halogens is 1. The van der Waals surface area contributed by atoms with Crippen LogP contribution in [0.4, 0.5) is 10.7 Å². The molecule has 2 saturated heterocycles. The Bertz CT molecular complexity index is 1760. The van der Waals surface area contributed by atoms with Crippen LogP contribution >= 0.6 is 11.6 Å². The van der Waals surface area contributed by atoms with Crippen LogP contribution in [0.15, 0.2) is 71.7 Å². The van der Waals surface area contributed by atoms with Gasteiger partial charge in [0.1, 0.15) is 11.2 Å². The Labute approximate surface area is 261 Å². The fraction of sp³-hybridized carbons (Fsp3) is 0.412. The summed E-state index contributed by atoms with van der Waals surface area (Å²) in [6.45, 7) is 9.45. The highest BCUT2D eigenvalue weighted by molar-refractivity contribution is 6.33. The third kappa shape index (κ3) is 5.66. The normalized spacial score (nSPS) is 23.1. The summed E-state index contributed by atoms with van der Waals surface area (Å²) in [5.74, 6) is 1.63. The Morgan fingerprint density at radius 3 is 2.48 bits per heavy atom. The fourth-order valence-electron chi connectivity index (χ4n) is 6.79. The second kappa shape index (κ2) is 11.2. The van der Waals surface area contributed by atoms with Gasteiger partial charge < -0.3 is 15.0 Å². The molecule has 1 amide bonds. The number of hydrogen-bond acceptors (Lipinski definition) is 7. The minimum Gasteiger partial charge on any atom is -0.444 e. The van der Waals surface area contributed by atoms with Crippen LogP contribution in [0.25, 0.3) is 22.2 Å². The number of piperidine rings is 1. The Morgan fingerprint density at radius 1 is 1.02 bits per heavy atom. The lowest BCUT2D eigenvalue weighted by atomic mass is 10.1. The predicted octanol–water partition coefficient (Wildman–Crippen LogP) is 5.84. The van der Waals surface area contributed by atoms with Crippen LogP contribution in [0, 0.1) is 11.8 Å². The van der Waals surface area contributed by atoms with Gasteiger partial charge in [-0.15, -0.1) is 0 Å². The summed E-state index contributed by atoms with van der Waals surface area (Å²) < 4.78 is 7.36. The molecule has 3 aliphatic rings.